The van der Waals surface area contributed by atoms with Crippen molar-refractivity contribution in [1.29, 1.82) is 0 Å². The lowest BCUT2D eigenvalue weighted by atomic mass is 10.3. The number of carbonyl (C=O) groups is 2. The predicted molar refractivity (Wildman–Crippen MR) is 53.0 cm³/mol. The molecule has 0 fully saturated rings. The van der Waals surface area contributed by atoms with Crippen LogP contribution >= 0.6 is 0 Å². The topological polar surface area (TPSA) is 85.9 Å². The van der Waals surface area contributed by atoms with Crippen molar-refractivity contribution < 1.29 is 14.7 Å². The lowest BCUT2D eigenvalue weighted by molar-refractivity contribution is 0.111. The van der Waals surface area contributed by atoms with E-state index in [9.17, 15) is 14.7 Å². The van der Waals surface area contributed by atoms with Crippen LogP contribution < -0.4 is 0 Å². The van der Waals surface area contributed by atoms with Crippen LogP contribution in [0.25, 0.3) is 11.4 Å². The number of nitrogens with one attached hydrogen (secondary N) is 2. The summed E-state index contributed by atoms with van der Waals surface area (Å²) in [6.45, 7) is 0. The van der Waals surface area contributed by atoms with Gasteiger partial charge in [0.1, 0.15) is 11.4 Å². The van der Waals surface area contributed by atoms with Gasteiger partial charge < -0.3 is 15.1 Å². The summed E-state index contributed by atoms with van der Waals surface area (Å²) in [5, 5.41) is 9.31. The number of aldehydes is 2. The van der Waals surface area contributed by atoms with Crippen LogP contribution in [0, 0.1) is 0 Å². The predicted octanol–water partition coefficient (Wildman–Crippen LogP) is 1.34. The highest BCUT2D eigenvalue weighted by Crippen LogP contribution is 2.24. The van der Waals surface area contributed by atoms with E-state index in [-0.39, 0.29) is 11.4 Å². The maximum absolute atomic E-state index is 10.5. The van der Waals surface area contributed by atoms with Crippen molar-refractivity contribution >= 4 is 12.6 Å². The molecule has 0 saturated heterocycles. The minimum Gasteiger partial charge on any atom is -0.506 e. The molecule has 2 aromatic heterocycles. The molecule has 3 N–H and O–H groups in total. The molecule has 0 aromatic carbocycles. The highest BCUT2D eigenvalue weighted by molar-refractivity contribution is 5.80. The highest BCUT2D eigenvalue weighted by atomic mass is 16.3. The van der Waals surface area contributed by atoms with E-state index in [4.69, 9.17) is 0 Å². The third kappa shape index (κ3) is 1.54. The molecule has 0 spiro atoms. The first-order valence-corrected chi connectivity index (χ1v) is 4.26. The Labute approximate surface area is 84.8 Å². The Balaban J connectivity index is 2.44. The first-order valence-electron chi connectivity index (χ1n) is 4.26. The highest BCUT2D eigenvalue weighted by Gasteiger charge is 2.08. The quantitative estimate of drug-likeness (QED) is 0.659. The van der Waals surface area contributed by atoms with Crippen LogP contribution in [0.4, 0.5) is 0 Å². The van der Waals surface area contributed by atoms with E-state index in [1.807, 2.05) is 0 Å². The molecule has 5 heteroatoms. The molecule has 2 rings (SSSR count). The third-order valence-corrected chi connectivity index (χ3v) is 2.07. The van der Waals surface area contributed by atoms with Gasteiger partial charge in [0.15, 0.2) is 12.6 Å². The zero-order chi connectivity index (χ0) is 10.8. The molecular weight excluding hydrogens is 196 g/mol. The summed E-state index contributed by atoms with van der Waals surface area (Å²) < 4.78 is 0. The van der Waals surface area contributed by atoms with Crippen molar-refractivity contribution in [2.24, 2.45) is 0 Å². The van der Waals surface area contributed by atoms with Gasteiger partial charge in [0, 0.05) is 6.07 Å². The van der Waals surface area contributed by atoms with Crippen LogP contribution in [0.3, 0.4) is 0 Å². The Morgan fingerprint density at radius 2 is 1.87 bits per heavy atom. The maximum Gasteiger partial charge on any atom is 0.170 e. The Kier molecular flexibility index (Phi) is 2.13. The molecule has 0 radical (unpaired) electrons. The number of hydrogen-bond donors (Lipinski definition) is 3. The van der Waals surface area contributed by atoms with Crippen molar-refractivity contribution in [3.63, 3.8) is 0 Å². The van der Waals surface area contributed by atoms with Crippen LogP contribution in [0.1, 0.15) is 21.0 Å². The van der Waals surface area contributed by atoms with E-state index in [1.54, 1.807) is 12.1 Å². The molecule has 0 atom stereocenters. The van der Waals surface area contributed by atoms with Gasteiger partial charge in [0.2, 0.25) is 0 Å². The summed E-state index contributed by atoms with van der Waals surface area (Å²) in [4.78, 5) is 26.4. The zero-order valence-corrected chi connectivity index (χ0v) is 7.65. The molecule has 76 valence electrons. The average molecular weight is 204 g/mol. The van der Waals surface area contributed by atoms with Crippen LogP contribution in [0.5, 0.6) is 5.75 Å². The van der Waals surface area contributed by atoms with E-state index in [2.05, 4.69) is 9.97 Å². The number of aromatic nitrogens is 2. The summed E-state index contributed by atoms with van der Waals surface area (Å²) in [7, 11) is 0. The molecule has 5 nitrogen and oxygen atoms in total. The fourth-order valence-electron chi connectivity index (χ4n) is 1.33. The zero-order valence-electron chi connectivity index (χ0n) is 7.65. The smallest absolute Gasteiger partial charge is 0.170 e. The standard InChI is InChI=1S/C10H8N2O3/c13-4-6-1-2-7(11-6)8-3-10(15)9(5-14)12-8/h1-5,11-12,15H. The summed E-state index contributed by atoms with van der Waals surface area (Å²) >= 11 is 0. The molecule has 0 amide bonds. The lowest BCUT2D eigenvalue weighted by Gasteiger charge is -1.90. The molecule has 2 heterocycles. The van der Waals surface area contributed by atoms with Gasteiger partial charge in [0.05, 0.1) is 17.1 Å². The number of rotatable bonds is 3. The third-order valence-electron chi connectivity index (χ3n) is 2.07. The average Bonchev–Trinajstić information content (AvgIpc) is 2.83. The van der Waals surface area contributed by atoms with Gasteiger partial charge in [-0.2, -0.15) is 0 Å². The molecule has 0 aliphatic rings. The van der Waals surface area contributed by atoms with E-state index >= 15 is 0 Å². The number of hydrogen-bond acceptors (Lipinski definition) is 3. The molecule has 0 saturated carbocycles. The molecule has 0 unspecified atom stereocenters. The number of H-pyrrole nitrogens is 2. The molecule has 0 aliphatic heterocycles. The minimum atomic E-state index is -0.109. The van der Waals surface area contributed by atoms with Crippen molar-refractivity contribution in [1.82, 2.24) is 9.97 Å². The van der Waals surface area contributed by atoms with Gasteiger partial charge in [-0.1, -0.05) is 0 Å². The molecule has 15 heavy (non-hydrogen) atoms. The number of aromatic amines is 2. The number of carbonyl (C=O) groups excluding carboxylic acids is 2. The van der Waals surface area contributed by atoms with Gasteiger partial charge in [-0.15, -0.1) is 0 Å². The molecule has 0 aliphatic carbocycles. The maximum atomic E-state index is 10.5. The Morgan fingerprint density at radius 3 is 2.40 bits per heavy atom. The summed E-state index contributed by atoms with van der Waals surface area (Å²) in [5.41, 5.74) is 1.75. The van der Waals surface area contributed by atoms with Gasteiger partial charge in [-0.05, 0) is 12.1 Å². The van der Waals surface area contributed by atoms with Crippen molar-refractivity contribution in [3.05, 3.63) is 29.6 Å². The largest absolute Gasteiger partial charge is 0.506 e. The first kappa shape index (κ1) is 9.26. The Morgan fingerprint density at radius 1 is 1.07 bits per heavy atom. The van der Waals surface area contributed by atoms with E-state index in [0.717, 1.165) is 0 Å². The van der Waals surface area contributed by atoms with Gasteiger partial charge in [0.25, 0.3) is 0 Å². The molecular formula is C10H8N2O3. The van der Waals surface area contributed by atoms with Gasteiger partial charge >= 0.3 is 0 Å². The van der Waals surface area contributed by atoms with Crippen LogP contribution in [-0.4, -0.2) is 27.6 Å². The summed E-state index contributed by atoms with van der Waals surface area (Å²) in [6.07, 6.45) is 1.22. The second kappa shape index (κ2) is 3.45. The molecule has 0 bridgehead atoms. The van der Waals surface area contributed by atoms with Gasteiger partial charge in [-0.25, -0.2) is 0 Å². The van der Waals surface area contributed by atoms with E-state index < -0.39 is 0 Å². The van der Waals surface area contributed by atoms with Gasteiger partial charge in [-0.3, -0.25) is 9.59 Å². The minimum absolute atomic E-state index is 0.109. The number of aromatic hydroxyl groups is 1. The SMILES string of the molecule is O=Cc1ccc(-c2cc(O)c(C=O)[nH]2)[nH]1. The van der Waals surface area contributed by atoms with Crippen molar-refractivity contribution in [2.45, 2.75) is 0 Å². The van der Waals surface area contributed by atoms with E-state index in [0.29, 0.717) is 29.7 Å². The van der Waals surface area contributed by atoms with Crippen LogP contribution in [-0.2, 0) is 0 Å². The van der Waals surface area contributed by atoms with Crippen molar-refractivity contribution in [3.8, 4) is 17.1 Å². The second-order valence-electron chi connectivity index (χ2n) is 3.04. The molecule has 2 aromatic rings. The Hall–Kier alpha value is -2.30. The van der Waals surface area contributed by atoms with Crippen molar-refractivity contribution in [2.75, 3.05) is 0 Å². The monoisotopic (exact) mass is 204 g/mol. The normalized spacial score (nSPS) is 10.1. The summed E-state index contributed by atoms with van der Waals surface area (Å²) in [6, 6.07) is 4.72. The second-order valence-corrected chi connectivity index (χ2v) is 3.04. The van der Waals surface area contributed by atoms with Crippen LogP contribution in [0.15, 0.2) is 18.2 Å². The van der Waals surface area contributed by atoms with E-state index in [1.165, 1.54) is 6.07 Å². The fourth-order valence-corrected chi connectivity index (χ4v) is 1.33. The lowest BCUT2D eigenvalue weighted by Crippen LogP contribution is -1.82. The first-order chi connectivity index (χ1) is 7.24. The Bertz CT molecular complexity index is 510. The fraction of sp³-hybridized carbons (Fsp3) is 0. The van der Waals surface area contributed by atoms with Crippen LogP contribution in [0.2, 0.25) is 0 Å². The summed E-state index contributed by atoms with van der Waals surface area (Å²) in [5.74, 6) is -0.109.